The van der Waals surface area contributed by atoms with E-state index in [1.807, 2.05) is 6.92 Å². The van der Waals surface area contributed by atoms with Crippen molar-refractivity contribution in [3.63, 3.8) is 0 Å². The molecular weight excluding hydrogens is 330 g/mol. The molecule has 0 saturated heterocycles. The molecule has 0 fully saturated rings. The SMILES string of the molecule is Br.Cc1nc(-c2ccc(CCCCCl)cc2)cs1. The quantitative estimate of drug-likeness (QED) is 0.531. The van der Waals surface area contributed by atoms with Gasteiger partial charge in [-0.3, -0.25) is 0 Å². The Balaban J connectivity index is 0.00000162. The van der Waals surface area contributed by atoms with Crippen molar-refractivity contribution in [2.24, 2.45) is 0 Å². The molecule has 0 unspecified atom stereocenters. The fourth-order valence-electron chi connectivity index (χ4n) is 1.76. The molecule has 0 amide bonds. The molecule has 0 aliphatic carbocycles. The van der Waals surface area contributed by atoms with Gasteiger partial charge in [0.15, 0.2) is 0 Å². The van der Waals surface area contributed by atoms with Crippen molar-refractivity contribution in [2.45, 2.75) is 26.2 Å². The minimum absolute atomic E-state index is 0. The van der Waals surface area contributed by atoms with Crippen LogP contribution in [0.4, 0.5) is 0 Å². The summed E-state index contributed by atoms with van der Waals surface area (Å²) in [5, 5.41) is 3.23. The monoisotopic (exact) mass is 345 g/mol. The third kappa shape index (κ3) is 4.38. The molecule has 1 nitrogen and oxygen atoms in total. The standard InChI is InChI=1S/C14H16ClNS.BrH/c1-11-16-14(10-17-11)13-7-5-12(6-8-13)4-2-3-9-15;/h5-8,10H,2-4,9H2,1H3;1H. The third-order valence-corrected chi connectivity index (χ3v) is 3.76. The van der Waals surface area contributed by atoms with Crippen molar-refractivity contribution in [1.29, 1.82) is 0 Å². The van der Waals surface area contributed by atoms with E-state index >= 15 is 0 Å². The molecule has 1 aromatic heterocycles. The lowest BCUT2D eigenvalue weighted by Gasteiger charge is -2.02. The van der Waals surface area contributed by atoms with E-state index in [2.05, 4.69) is 34.6 Å². The second-order valence-electron chi connectivity index (χ2n) is 4.09. The van der Waals surface area contributed by atoms with E-state index in [0.717, 1.165) is 29.4 Å². The fourth-order valence-corrected chi connectivity index (χ4v) is 2.57. The smallest absolute Gasteiger partial charge is 0.0901 e. The maximum atomic E-state index is 5.67. The van der Waals surface area contributed by atoms with Crippen LogP contribution >= 0.6 is 39.9 Å². The van der Waals surface area contributed by atoms with Crippen LogP contribution in [0.1, 0.15) is 23.4 Å². The first kappa shape index (κ1) is 15.7. The van der Waals surface area contributed by atoms with Crippen LogP contribution in [-0.4, -0.2) is 10.9 Å². The van der Waals surface area contributed by atoms with E-state index in [0.29, 0.717) is 0 Å². The summed E-state index contributed by atoms with van der Waals surface area (Å²) in [7, 11) is 0. The van der Waals surface area contributed by atoms with Crippen LogP contribution in [0.5, 0.6) is 0 Å². The van der Waals surface area contributed by atoms with Crippen LogP contribution in [0.3, 0.4) is 0 Å². The summed E-state index contributed by atoms with van der Waals surface area (Å²) in [6.45, 7) is 2.04. The summed E-state index contributed by atoms with van der Waals surface area (Å²) in [5.41, 5.74) is 3.67. The second kappa shape index (κ2) is 7.93. The molecule has 0 radical (unpaired) electrons. The molecule has 18 heavy (non-hydrogen) atoms. The highest BCUT2D eigenvalue weighted by Gasteiger charge is 2.01. The molecule has 0 bridgehead atoms. The van der Waals surface area contributed by atoms with E-state index in [1.54, 1.807) is 11.3 Å². The average molecular weight is 347 g/mol. The number of nitrogens with zero attached hydrogens (tertiary/aromatic N) is 1. The Kier molecular flexibility index (Phi) is 6.90. The van der Waals surface area contributed by atoms with E-state index in [-0.39, 0.29) is 17.0 Å². The van der Waals surface area contributed by atoms with Crippen molar-refractivity contribution in [1.82, 2.24) is 4.98 Å². The lowest BCUT2D eigenvalue weighted by atomic mass is 10.1. The third-order valence-electron chi connectivity index (χ3n) is 2.72. The predicted molar refractivity (Wildman–Crippen MR) is 86.3 cm³/mol. The van der Waals surface area contributed by atoms with Gasteiger partial charge >= 0.3 is 0 Å². The van der Waals surface area contributed by atoms with Gasteiger partial charge < -0.3 is 0 Å². The Morgan fingerprint density at radius 3 is 2.44 bits per heavy atom. The van der Waals surface area contributed by atoms with Crippen LogP contribution in [0.15, 0.2) is 29.6 Å². The Morgan fingerprint density at radius 2 is 1.89 bits per heavy atom. The van der Waals surface area contributed by atoms with Crippen molar-refractivity contribution >= 4 is 39.9 Å². The van der Waals surface area contributed by atoms with Crippen LogP contribution in [0.2, 0.25) is 0 Å². The Bertz CT molecular complexity index is 467. The van der Waals surface area contributed by atoms with E-state index in [4.69, 9.17) is 11.6 Å². The molecule has 2 rings (SSSR count). The minimum atomic E-state index is 0. The molecule has 0 aliphatic rings. The first-order valence-electron chi connectivity index (χ1n) is 5.87. The number of benzene rings is 1. The second-order valence-corrected chi connectivity index (χ2v) is 5.53. The number of aryl methyl sites for hydroxylation is 2. The summed E-state index contributed by atoms with van der Waals surface area (Å²) in [5.74, 6) is 0.760. The molecule has 0 N–H and O–H groups in total. The molecule has 0 spiro atoms. The first-order valence-corrected chi connectivity index (χ1v) is 7.28. The van der Waals surface area contributed by atoms with Gasteiger partial charge in [-0.2, -0.15) is 0 Å². The van der Waals surface area contributed by atoms with E-state index in [1.165, 1.54) is 17.5 Å². The molecule has 1 heterocycles. The number of aromatic nitrogens is 1. The van der Waals surface area contributed by atoms with Crippen molar-refractivity contribution < 1.29 is 0 Å². The normalized spacial score (nSPS) is 10.1. The minimum Gasteiger partial charge on any atom is -0.242 e. The summed E-state index contributed by atoms with van der Waals surface area (Å²) in [4.78, 5) is 4.49. The number of hydrogen-bond acceptors (Lipinski definition) is 2. The van der Waals surface area contributed by atoms with E-state index in [9.17, 15) is 0 Å². The van der Waals surface area contributed by atoms with E-state index < -0.39 is 0 Å². The summed E-state index contributed by atoms with van der Waals surface area (Å²) in [6.07, 6.45) is 3.37. The number of rotatable bonds is 5. The summed E-state index contributed by atoms with van der Waals surface area (Å²) >= 11 is 7.36. The number of hydrogen-bond donors (Lipinski definition) is 0. The van der Waals surface area contributed by atoms with Gasteiger partial charge in [0.1, 0.15) is 0 Å². The first-order chi connectivity index (χ1) is 8.29. The van der Waals surface area contributed by atoms with Gasteiger partial charge in [-0.25, -0.2) is 4.98 Å². The van der Waals surface area contributed by atoms with Gasteiger partial charge in [-0.05, 0) is 31.7 Å². The van der Waals surface area contributed by atoms with Crippen LogP contribution in [0.25, 0.3) is 11.3 Å². The molecule has 98 valence electrons. The maximum absolute atomic E-state index is 5.67. The number of unbranched alkanes of at least 4 members (excludes halogenated alkanes) is 1. The average Bonchev–Trinajstić information content (AvgIpc) is 2.77. The Labute approximate surface area is 128 Å². The molecule has 4 heteroatoms. The molecule has 1 aromatic carbocycles. The molecule has 0 aliphatic heterocycles. The van der Waals surface area contributed by atoms with Crippen molar-refractivity contribution in [2.75, 3.05) is 5.88 Å². The van der Waals surface area contributed by atoms with Gasteiger partial charge in [0, 0.05) is 16.8 Å². The zero-order chi connectivity index (χ0) is 12.1. The highest BCUT2D eigenvalue weighted by Crippen LogP contribution is 2.22. The van der Waals surface area contributed by atoms with Crippen LogP contribution in [-0.2, 0) is 6.42 Å². The number of halogens is 2. The van der Waals surface area contributed by atoms with Gasteiger partial charge in [-0.1, -0.05) is 24.3 Å². The van der Waals surface area contributed by atoms with Gasteiger partial charge in [0.2, 0.25) is 0 Å². The number of alkyl halides is 1. The Morgan fingerprint density at radius 1 is 1.17 bits per heavy atom. The lowest BCUT2D eigenvalue weighted by molar-refractivity contribution is 0.800. The molecule has 2 aromatic rings. The molecular formula is C14H17BrClNS. The maximum Gasteiger partial charge on any atom is 0.0901 e. The zero-order valence-electron chi connectivity index (χ0n) is 10.4. The van der Waals surface area contributed by atoms with Gasteiger partial charge in [-0.15, -0.1) is 39.9 Å². The molecule has 0 atom stereocenters. The summed E-state index contributed by atoms with van der Waals surface area (Å²) in [6, 6.07) is 8.70. The Hall–Kier alpha value is -0.380. The van der Waals surface area contributed by atoms with Gasteiger partial charge in [0.05, 0.1) is 10.7 Å². The number of thiazole rings is 1. The predicted octanol–water partition coefficient (Wildman–Crippen LogP) is 5.26. The van der Waals surface area contributed by atoms with Crippen LogP contribution < -0.4 is 0 Å². The fraction of sp³-hybridized carbons (Fsp3) is 0.357. The summed E-state index contributed by atoms with van der Waals surface area (Å²) < 4.78 is 0. The van der Waals surface area contributed by atoms with Gasteiger partial charge in [0.25, 0.3) is 0 Å². The lowest BCUT2D eigenvalue weighted by Crippen LogP contribution is -1.87. The van der Waals surface area contributed by atoms with Crippen molar-refractivity contribution in [3.05, 3.63) is 40.2 Å². The highest BCUT2D eigenvalue weighted by atomic mass is 79.9. The zero-order valence-corrected chi connectivity index (χ0v) is 13.6. The van der Waals surface area contributed by atoms with Crippen LogP contribution in [0, 0.1) is 6.92 Å². The van der Waals surface area contributed by atoms with Crippen molar-refractivity contribution in [3.8, 4) is 11.3 Å². The molecule has 0 saturated carbocycles. The highest BCUT2D eigenvalue weighted by molar-refractivity contribution is 8.93. The topological polar surface area (TPSA) is 12.9 Å². The largest absolute Gasteiger partial charge is 0.242 e.